The molecule has 0 fully saturated rings. The molecular weight excluding hydrogens is 206 g/mol. The number of rotatable bonds is 4. The Hall–Kier alpha value is -1.88. The molecule has 0 aliphatic heterocycles. The lowest BCUT2D eigenvalue weighted by Gasteiger charge is -2.04. The molecule has 1 heterocycles. The Balaban J connectivity index is 2.06. The molecule has 0 saturated heterocycles. The molecule has 0 atom stereocenters. The number of aliphatic hydroxyl groups is 1. The van der Waals surface area contributed by atoms with E-state index in [1.54, 1.807) is 6.20 Å². The molecule has 2 rings (SSSR count). The highest BCUT2D eigenvalue weighted by Crippen LogP contribution is 2.16. The van der Waals surface area contributed by atoms with Crippen molar-refractivity contribution in [1.29, 1.82) is 0 Å². The van der Waals surface area contributed by atoms with Gasteiger partial charge in [-0.3, -0.25) is 9.89 Å². The number of benzene rings is 1. The van der Waals surface area contributed by atoms with E-state index in [0.717, 1.165) is 16.6 Å². The fourth-order valence-corrected chi connectivity index (χ4v) is 1.48. The second-order valence-corrected chi connectivity index (χ2v) is 3.55. The molecule has 0 unspecified atom stereocenters. The third-order valence-corrected chi connectivity index (χ3v) is 2.29. The van der Waals surface area contributed by atoms with Crippen LogP contribution in [0.25, 0.3) is 10.9 Å². The molecule has 2 aromatic rings. The SMILES string of the molecule is O=C(CCCO)Nc1ccc2cn[nH]c2c1. The molecule has 1 amide bonds. The van der Waals surface area contributed by atoms with Gasteiger partial charge in [0.25, 0.3) is 0 Å². The topological polar surface area (TPSA) is 78.0 Å². The van der Waals surface area contributed by atoms with Crippen LogP contribution < -0.4 is 5.32 Å². The van der Waals surface area contributed by atoms with E-state index in [2.05, 4.69) is 15.5 Å². The van der Waals surface area contributed by atoms with Gasteiger partial charge < -0.3 is 10.4 Å². The summed E-state index contributed by atoms with van der Waals surface area (Å²) in [5, 5.41) is 19.1. The Kier molecular flexibility index (Phi) is 3.16. The number of aromatic amines is 1. The van der Waals surface area contributed by atoms with Crippen molar-refractivity contribution in [3.8, 4) is 0 Å². The normalized spacial score (nSPS) is 10.6. The van der Waals surface area contributed by atoms with Gasteiger partial charge in [-0.25, -0.2) is 0 Å². The maximum Gasteiger partial charge on any atom is 0.224 e. The summed E-state index contributed by atoms with van der Waals surface area (Å²) >= 11 is 0. The summed E-state index contributed by atoms with van der Waals surface area (Å²) in [7, 11) is 0. The Morgan fingerprint density at radius 1 is 1.50 bits per heavy atom. The molecule has 84 valence electrons. The number of carbonyl (C=O) groups is 1. The zero-order chi connectivity index (χ0) is 11.4. The number of hydrogen-bond acceptors (Lipinski definition) is 3. The van der Waals surface area contributed by atoms with Crippen LogP contribution in [-0.4, -0.2) is 27.8 Å². The average molecular weight is 219 g/mol. The van der Waals surface area contributed by atoms with E-state index in [4.69, 9.17) is 5.11 Å². The second-order valence-electron chi connectivity index (χ2n) is 3.55. The number of carbonyl (C=O) groups excluding carboxylic acids is 1. The number of nitrogens with zero attached hydrogens (tertiary/aromatic N) is 1. The lowest BCUT2D eigenvalue weighted by atomic mass is 10.2. The molecule has 5 nitrogen and oxygen atoms in total. The van der Waals surface area contributed by atoms with Crippen LogP contribution in [0.3, 0.4) is 0 Å². The Morgan fingerprint density at radius 2 is 2.38 bits per heavy atom. The Labute approximate surface area is 92.5 Å². The molecule has 0 radical (unpaired) electrons. The molecule has 1 aromatic heterocycles. The number of anilines is 1. The zero-order valence-electron chi connectivity index (χ0n) is 8.73. The number of hydrogen-bond donors (Lipinski definition) is 3. The standard InChI is InChI=1S/C11H13N3O2/c15-5-1-2-11(16)13-9-4-3-8-7-12-14-10(8)6-9/h3-4,6-7,15H,1-2,5H2,(H,12,14)(H,13,16). The predicted molar refractivity (Wildman–Crippen MR) is 61.0 cm³/mol. The van der Waals surface area contributed by atoms with Gasteiger partial charge in [-0.05, 0) is 24.6 Å². The highest BCUT2D eigenvalue weighted by Gasteiger charge is 2.03. The monoisotopic (exact) mass is 219 g/mol. The first kappa shape index (κ1) is 10.6. The van der Waals surface area contributed by atoms with Gasteiger partial charge in [0.05, 0.1) is 11.7 Å². The van der Waals surface area contributed by atoms with Crippen LogP contribution in [0.4, 0.5) is 5.69 Å². The fourth-order valence-electron chi connectivity index (χ4n) is 1.48. The van der Waals surface area contributed by atoms with Crippen molar-refractivity contribution in [2.24, 2.45) is 0 Å². The van der Waals surface area contributed by atoms with Crippen molar-refractivity contribution >= 4 is 22.5 Å². The van der Waals surface area contributed by atoms with Crippen LogP contribution in [0.5, 0.6) is 0 Å². The molecule has 3 N–H and O–H groups in total. The Morgan fingerprint density at radius 3 is 3.19 bits per heavy atom. The van der Waals surface area contributed by atoms with E-state index in [-0.39, 0.29) is 12.5 Å². The van der Waals surface area contributed by atoms with Gasteiger partial charge in [0.15, 0.2) is 0 Å². The zero-order valence-corrected chi connectivity index (χ0v) is 8.73. The van der Waals surface area contributed by atoms with Crippen molar-refractivity contribution < 1.29 is 9.90 Å². The molecule has 0 aliphatic rings. The number of H-pyrrole nitrogens is 1. The number of fused-ring (bicyclic) bond motifs is 1. The summed E-state index contributed by atoms with van der Waals surface area (Å²) in [5.41, 5.74) is 1.62. The highest BCUT2D eigenvalue weighted by atomic mass is 16.3. The van der Waals surface area contributed by atoms with Crippen LogP contribution >= 0.6 is 0 Å². The largest absolute Gasteiger partial charge is 0.396 e. The Bertz CT molecular complexity index is 493. The summed E-state index contributed by atoms with van der Waals surface area (Å²) in [6, 6.07) is 5.55. The van der Waals surface area contributed by atoms with Gasteiger partial charge in [-0.2, -0.15) is 5.10 Å². The molecule has 16 heavy (non-hydrogen) atoms. The van der Waals surface area contributed by atoms with Crippen molar-refractivity contribution in [2.75, 3.05) is 11.9 Å². The van der Waals surface area contributed by atoms with E-state index in [1.807, 2.05) is 18.2 Å². The maximum absolute atomic E-state index is 11.4. The highest BCUT2D eigenvalue weighted by molar-refractivity contribution is 5.93. The summed E-state index contributed by atoms with van der Waals surface area (Å²) in [5.74, 6) is -0.0899. The quantitative estimate of drug-likeness (QED) is 0.724. The summed E-state index contributed by atoms with van der Waals surface area (Å²) in [6.07, 6.45) is 2.54. The summed E-state index contributed by atoms with van der Waals surface area (Å²) < 4.78 is 0. The lowest BCUT2D eigenvalue weighted by molar-refractivity contribution is -0.116. The van der Waals surface area contributed by atoms with Crippen LogP contribution in [-0.2, 0) is 4.79 Å². The van der Waals surface area contributed by atoms with Crippen molar-refractivity contribution in [3.05, 3.63) is 24.4 Å². The van der Waals surface area contributed by atoms with Gasteiger partial charge in [-0.15, -0.1) is 0 Å². The molecule has 1 aromatic carbocycles. The van der Waals surface area contributed by atoms with Crippen LogP contribution in [0.15, 0.2) is 24.4 Å². The first-order valence-corrected chi connectivity index (χ1v) is 5.13. The van der Waals surface area contributed by atoms with Crippen molar-refractivity contribution in [1.82, 2.24) is 10.2 Å². The molecule has 0 spiro atoms. The van der Waals surface area contributed by atoms with E-state index in [0.29, 0.717) is 12.8 Å². The third kappa shape index (κ3) is 2.38. The number of aliphatic hydroxyl groups excluding tert-OH is 1. The number of amides is 1. The molecule has 0 bridgehead atoms. The molecule has 5 heteroatoms. The van der Waals surface area contributed by atoms with Gasteiger partial charge >= 0.3 is 0 Å². The minimum Gasteiger partial charge on any atom is -0.396 e. The maximum atomic E-state index is 11.4. The first-order chi connectivity index (χ1) is 7.79. The lowest BCUT2D eigenvalue weighted by Crippen LogP contribution is -2.11. The molecular formula is C11H13N3O2. The number of aromatic nitrogens is 2. The van der Waals surface area contributed by atoms with Gasteiger partial charge in [0, 0.05) is 24.1 Å². The third-order valence-electron chi connectivity index (χ3n) is 2.29. The second kappa shape index (κ2) is 4.76. The minimum absolute atomic E-state index is 0.0347. The molecule has 0 aliphatic carbocycles. The predicted octanol–water partition coefficient (Wildman–Crippen LogP) is 1.27. The smallest absolute Gasteiger partial charge is 0.224 e. The number of nitrogens with one attached hydrogen (secondary N) is 2. The summed E-state index contributed by atoms with van der Waals surface area (Å²) in [4.78, 5) is 11.4. The van der Waals surface area contributed by atoms with Crippen LogP contribution in [0.2, 0.25) is 0 Å². The van der Waals surface area contributed by atoms with E-state index in [1.165, 1.54) is 0 Å². The van der Waals surface area contributed by atoms with Crippen molar-refractivity contribution in [2.45, 2.75) is 12.8 Å². The molecule has 0 saturated carbocycles. The van der Waals surface area contributed by atoms with E-state index in [9.17, 15) is 4.79 Å². The van der Waals surface area contributed by atoms with E-state index < -0.39 is 0 Å². The average Bonchev–Trinajstić information content (AvgIpc) is 2.73. The van der Waals surface area contributed by atoms with E-state index >= 15 is 0 Å². The summed E-state index contributed by atoms with van der Waals surface area (Å²) in [6.45, 7) is 0.0347. The van der Waals surface area contributed by atoms with Gasteiger partial charge in [-0.1, -0.05) is 0 Å². The fraction of sp³-hybridized carbons (Fsp3) is 0.273. The van der Waals surface area contributed by atoms with Crippen molar-refractivity contribution in [3.63, 3.8) is 0 Å². The van der Waals surface area contributed by atoms with Crippen LogP contribution in [0.1, 0.15) is 12.8 Å². The van der Waals surface area contributed by atoms with Gasteiger partial charge in [0.2, 0.25) is 5.91 Å². The van der Waals surface area contributed by atoms with Crippen LogP contribution in [0, 0.1) is 0 Å². The minimum atomic E-state index is -0.0899. The van der Waals surface area contributed by atoms with Gasteiger partial charge in [0.1, 0.15) is 0 Å². The first-order valence-electron chi connectivity index (χ1n) is 5.13.